The second kappa shape index (κ2) is 8.99. The van der Waals surface area contributed by atoms with Gasteiger partial charge in [-0.3, -0.25) is 10.2 Å². The minimum Gasteiger partial charge on any atom is -0.494 e. The van der Waals surface area contributed by atoms with Gasteiger partial charge in [0.15, 0.2) is 5.60 Å². The summed E-state index contributed by atoms with van der Waals surface area (Å²) in [5.41, 5.74) is 1.00. The number of esters is 1. The Balaban J connectivity index is 2.47. The van der Waals surface area contributed by atoms with E-state index < -0.39 is 11.6 Å². The quantitative estimate of drug-likeness (QED) is 0.235. The summed E-state index contributed by atoms with van der Waals surface area (Å²) in [6, 6.07) is 6.89. The smallest absolute Gasteiger partial charge is 0.349 e. The van der Waals surface area contributed by atoms with E-state index in [9.17, 15) is 9.59 Å². The van der Waals surface area contributed by atoms with Crippen LogP contribution in [0.2, 0.25) is 0 Å². The average Bonchev–Trinajstić information content (AvgIpc) is 2.52. The molecule has 0 spiro atoms. The molecule has 0 saturated heterocycles. The molecule has 7 heteroatoms. The molecule has 7 nitrogen and oxygen atoms in total. The largest absolute Gasteiger partial charge is 0.494 e. The summed E-state index contributed by atoms with van der Waals surface area (Å²) in [4.78, 5) is 22.7. The van der Waals surface area contributed by atoms with Gasteiger partial charge in [0.1, 0.15) is 11.5 Å². The van der Waals surface area contributed by atoms with Crippen LogP contribution in [0, 0.1) is 0 Å². The molecular weight excluding hydrogens is 300 g/mol. The molecular formula is C16H24N2O5. The molecule has 1 aromatic carbocycles. The molecule has 0 radical (unpaired) electrons. The first kappa shape index (κ1) is 18.8. The summed E-state index contributed by atoms with van der Waals surface area (Å²) in [5.74, 6) is 5.54. The highest BCUT2D eigenvalue weighted by Crippen LogP contribution is 2.23. The molecule has 0 bridgehead atoms. The average molecular weight is 324 g/mol. The number of benzene rings is 1. The van der Waals surface area contributed by atoms with Crippen molar-refractivity contribution in [1.29, 1.82) is 0 Å². The van der Waals surface area contributed by atoms with Crippen molar-refractivity contribution in [2.45, 2.75) is 39.2 Å². The van der Waals surface area contributed by atoms with Gasteiger partial charge in [-0.15, -0.1) is 0 Å². The predicted octanol–water partition coefficient (Wildman–Crippen LogP) is 1.56. The van der Waals surface area contributed by atoms with E-state index in [2.05, 4.69) is 5.43 Å². The van der Waals surface area contributed by atoms with Crippen LogP contribution in [-0.2, 0) is 14.3 Å². The summed E-state index contributed by atoms with van der Waals surface area (Å²) in [7, 11) is 0. The molecule has 0 fully saturated rings. The molecule has 0 atom stereocenters. The molecule has 1 amide bonds. The molecule has 0 heterocycles. The summed E-state index contributed by atoms with van der Waals surface area (Å²) < 4.78 is 16.1. The van der Waals surface area contributed by atoms with E-state index in [1.54, 1.807) is 45.0 Å². The lowest BCUT2D eigenvalue weighted by atomic mass is 10.1. The van der Waals surface area contributed by atoms with Crippen molar-refractivity contribution < 1.29 is 23.8 Å². The molecule has 0 aliphatic rings. The number of rotatable bonds is 9. The van der Waals surface area contributed by atoms with Crippen molar-refractivity contribution in [2.75, 3.05) is 13.2 Å². The van der Waals surface area contributed by atoms with Gasteiger partial charge in [-0.2, -0.15) is 0 Å². The third-order valence-corrected chi connectivity index (χ3v) is 2.94. The molecule has 1 aromatic rings. The lowest BCUT2D eigenvalue weighted by Gasteiger charge is -2.24. The van der Waals surface area contributed by atoms with Crippen molar-refractivity contribution in [2.24, 2.45) is 5.84 Å². The summed E-state index contributed by atoms with van der Waals surface area (Å²) >= 11 is 0. The lowest BCUT2D eigenvalue weighted by molar-refractivity contribution is -0.158. The van der Waals surface area contributed by atoms with Crippen LogP contribution < -0.4 is 20.7 Å². The minimum atomic E-state index is -1.06. The fourth-order valence-electron chi connectivity index (χ4n) is 1.74. The zero-order valence-electron chi connectivity index (χ0n) is 13.8. The Morgan fingerprint density at radius 3 is 2.35 bits per heavy atom. The number of nitrogens with one attached hydrogen (secondary N) is 1. The zero-order valence-corrected chi connectivity index (χ0v) is 13.8. The van der Waals surface area contributed by atoms with Gasteiger partial charge in [0.25, 0.3) is 0 Å². The summed E-state index contributed by atoms with van der Waals surface area (Å²) in [5, 5.41) is 0. The maximum Gasteiger partial charge on any atom is 0.349 e. The van der Waals surface area contributed by atoms with Gasteiger partial charge in [0.05, 0.1) is 13.2 Å². The zero-order chi connectivity index (χ0) is 17.3. The fourth-order valence-corrected chi connectivity index (χ4v) is 1.74. The number of amides is 1. The van der Waals surface area contributed by atoms with Crippen molar-refractivity contribution in [3.63, 3.8) is 0 Å². The number of carbonyl (C=O) groups excluding carboxylic acids is 2. The van der Waals surface area contributed by atoms with Gasteiger partial charge >= 0.3 is 5.97 Å². The second-order valence-corrected chi connectivity index (χ2v) is 5.32. The van der Waals surface area contributed by atoms with E-state index in [-0.39, 0.29) is 5.91 Å². The van der Waals surface area contributed by atoms with E-state index in [0.717, 1.165) is 0 Å². The van der Waals surface area contributed by atoms with Gasteiger partial charge in [-0.25, -0.2) is 10.6 Å². The molecule has 0 aliphatic heterocycles. The topological polar surface area (TPSA) is 99.9 Å². The Bertz CT molecular complexity index is 514. The molecule has 1 rings (SSSR count). The maximum absolute atomic E-state index is 11.8. The maximum atomic E-state index is 11.8. The van der Waals surface area contributed by atoms with Gasteiger partial charge in [-0.05, 0) is 51.5 Å². The van der Waals surface area contributed by atoms with Crippen molar-refractivity contribution in [3.05, 3.63) is 24.3 Å². The van der Waals surface area contributed by atoms with Gasteiger partial charge in [0, 0.05) is 6.42 Å². The monoisotopic (exact) mass is 324 g/mol. The third kappa shape index (κ3) is 6.56. The molecule has 128 valence electrons. The standard InChI is InChI=1S/C16H24N2O5/c1-4-21-15(20)16(2,3)23-13-9-7-12(8-10-13)22-11-5-6-14(19)18-17/h7-10H,4-6,11,17H2,1-3H3,(H,18,19). The first-order chi connectivity index (χ1) is 10.9. The van der Waals surface area contributed by atoms with Gasteiger partial charge in [-0.1, -0.05) is 0 Å². The molecule has 0 aromatic heterocycles. The molecule has 3 N–H and O–H groups in total. The number of hydrogen-bond donors (Lipinski definition) is 2. The minimum absolute atomic E-state index is 0.224. The van der Waals surface area contributed by atoms with E-state index in [4.69, 9.17) is 20.1 Å². The van der Waals surface area contributed by atoms with E-state index in [0.29, 0.717) is 37.6 Å². The van der Waals surface area contributed by atoms with Crippen molar-refractivity contribution in [3.8, 4) is 11.5 Å². The molecule has 23 heavy (non-hydrogen) atoms. The van der Waals surface area contributed by atoms with E-state index in [1.165, 1.54) is 0 Å². The summed E-state index contributed by atoms with van der Waals surface area (Å²) in [6.07, 6.45) is 0.878. The Morgan fingerprint density at radius 1 is 1.17 bits per heavy atom. The first-order valence-electron chi connectivity index (χ1n) is 7.47. The summed E-state index contributed by atoms with van der Waals surface area (Å²) in [6.45, 7) is 5.76. The van der Waals surface area contributed by atoms with Crippen LogP contribution in [0.1, 0.15) is 33.6 Å². The fraction of sp³-hybridized carbons (Fsp3) is 0.500. The van der Waals surface area contributed by atoms with Crippen LogP contribution in [0.5, 0.6) is 11.5 Å². The van der Waals surface area contributed by atoms with Crippen molar-refractivity contribution in [1.82, 2.24) is 5.43 Å². The molecule has 0 saturated carbocycles. The van der Waals surface area contributed by atoms with Crippen LogP contribution in [0.3, 0.4) is 0 Å². The number of hydrogen-bond acceptors (Lipinski definition) is 6. The van der Waals surface area contributed by atoms with E-state index in [1.807, 2.05) is 0 Å². The Labute approximate surface area is 136 Å². The normalized spacial score (nSPS) is 10.8. The van der Waals surface area contributed by atoms with Crippen molar-refractivity contribution >= 4 is 11.9 Å². The highest BCUT2D eigenvalue weighted by atomic mass is 16.6. The number of ether oxygens (including phenoxy) is 3. The van der Waals surface area contributed by atoms with Crippen LogP contribution in [0.4, 0.5) is 0 Å². The van der Waals surface area contributed by atoms with Gasteiger partial charge in [0.2, 0.25) is 5.91 Å². The second-order valence-electron chi connectivity index (χ2n) is 5.32. The number of nitrogens with two attached hydrogens (primary N) is 1. The first-order valence-corrected chi connectivity index (χ1v) is 7.47. The Kier molecular flexibility index (Phi) is 7.34. The van der Waals surface area contributed by atoms with Crippen LogP contribution in [0.25, 0.3) is 0 Å². The number of hydrazine groups is 1. The van der Waals surface area contributed by atoms with Crippen LogP contribution >= 0.6 is 0 Å². The molecule has 0 aliphatic carbocycles. The van der Waals surface area contributed by atoms with Crippen LogP contribution in [0.15, 0.2) is 24.3 Å². The SMILES string of the molecule is CCOC(=O)C(C)(C)Oc1ccc(OCCCC(=O)NN)cc1. The molecule has 0 unspecified atom stereocenters. The predicted molar refractivity (Wildman–Crippen MR) is 84.8 cm³/mol. The Hall–Kier alpha value is -2.28. The lowest BCUT2D eigenvalue weighted by Crippen LogP contribution is -2.39. The van der Waals surface area contributed by atoms with Crippen LogP contribution in [-0.4, -0.2) is 30.7 Å². The Morgan fingerprint density at radius 2 is 1.78 bits per heavy atom. The highest BCUT2D eigenvalue weighted by molar-refractivity contribution is 5.79. The third-order valence-electron chi connectivity index (χ3n) is 2.94. The highest BCUT2D eigenvalue weighted by Gasteiger charge is 2.31. The van der Waals surface area contributed by atoms with E-state index >= 15 is 0 Å². The van der Waals surface area contributed by atoms with Gasteiger partial charge < -0.3 is 14.2 Å². The number of carbonyl (C=O) groups is 2.